The lowest BCUT2D eigenvalue weighted by molar-refractivity contribution is -0.145. The monoisotopic (exact) mass is 286 g/mol. The summed E-state index contributed by atoms with van der Waals surface area (Å²) in [5.74, 6) is -0.729. The third kappa shape index (κ3) is 5.38. The molecule has 0 amide bonds. The summed E-state index contributed by atoms with van der Waals surface area (Å²) in [6.07, 6.45) is 3.26. The van der Waals surface area contributed by atoms with Crippen LogP contribution < -0.4 is 5.32 Å². The molecule has 1 heterocycles. The molecule has 1 saturated heterocycles. The zero-order chi connectivity index (χ0) is 15.0. The molecule has 0 aromatic carbocycles. The third-order valence-corrected chi connectivity index (χ3v) is 3.97. The summed E-state index contributed by atoms with van der Waals surface area (Å²) in [5, 5.41) is 12.8. The quantitative estimate of drug-likeness (QED) is 0.711. The second-order valence-electron chi connectivity index (χ2n) is 5.95. The molecule has 1 aliphatic heterocycles. The van der Waals surface area contributed by atoms with Crippen molar-refractivity contribution in [3.8, 4) is 0 Å². The van der Waals surface area contributed by atoms with Gasteiger partial charge in [0.1, 0.15) is 5.54 Å². The summed E-state index contributed by atoms with van der Waals surface area (Å²) in [6.45, 7) is 10.6. The number of hydrogen-bond donors (Lipinski definition) is 2. The number of carboxylic acids is 1. The lowest BCUT2D eigenvalue weighted by atomic mass is 9.89. The van der Waals surface area contributed by atoms with E-state index in [1.54, 1.807) is 0 Å². The molecule has 2 N–H and O–H groups in total. The van der Waals surface area contributed by atoms with E-state index in [9.17, 15) is 9.90 Å². The van der Waals surface area contributed by atoms with Gasteiger partial charge < -0.3 is 14.7 Å². The van der Waals surface area contributed by atoms with Gasteiger partial charge in [-0.05, 0) is 46.1 Å². The number of carboxylic acid groups (broad SMARTS) is 1. The van der Waals surface area contributed by atoms with E-state index in [-0.39, 0.29) is 6.04 Å². The van der Waals surface area contributed by atoms with Crippen molar-refractivity contribution in [1.82, 2.24) is 10.2 Å². The molecule has 0 saturated carbocycles. The van der Waals surface area contributed by atoms with Gasteiger partial charge in [0.05, 0.1) is 6.61 Å². The number of nitrogens with zero attached hydrogens (tertiary/aromatic N) is 1. The number of hydrogen-bond acceptors (Lipinski definition) is 4. The molecule has 1 atom stereocenters. The Labute approximate surface area is 122 Å². The Morgan fingerprint density at radius 3 is 2.75 bits per heavy atom. The number of aliphatic carboxylic acids is 1. The Hall–Kier alpha value is -0.650. The highest BCUT2D eigenvalue weighted by Gasteiger charge is 2.36. The highest BCUT2D eigenvalue weighted by molar-refractivity contribution is 5.78. The summed E-state index contributed by atoms with van der Waals surface area (Å²) < 4.78 is 5.44. The Balaban J connectivity index is 2.46. The number of carbonyl (C=O) groups is 1. The van der Waals surface area contributed by atoms with E-state index in [2.05, 4.69) is 10.2 Å². The average Bonchev–Trinajstić information content (AvgIpc) is 2.65. The highest BCUT2D eigenvalue weighted by Crippen LogP contribution is 2.19. The molecule has 0 aliphatic carbocycles. The molecule has 20 heavy (non-hydrogen) atoms. The molecule has 118 valence electrons. The molecule has 5 heteroatoms. The van der Waals surface area contributed by atoms with Crippen molar-refractivity contribution in [1.29, 1.82) is 0 Å². The van der Waals surface area contributed by atoms with Crippen LogP contribution in [0.1, 0.15) is 46.5 Å². The van der Waals surface area contributed by atoms with Gasteiger partial charge in [0, 0.05) is 25.7 Å². The van der Waals surface area contributed by atoms with Gasteiger partial charge in [0.15, 0.2) is 0 Å². The van der Waals surface area contributed by atoms with Crippen molar-refractivity contribution < 1.29 is 14.6 Å². The van der Waals surface area contributed by atoms with Crippen LogP contribution >= 0.6 is 0 Å². The van der Waals surface area contributed by atoms with Crippen LogP contribution in [-0.2, 0) is 9.53 Å². The van der Waals surface area contributed by atoms with E-state index < -0.39 is 11.5 Å². The van der Waals surface area contributed by atoms with Crippen LogP contribution in [0.15, 0.2) is 0 Å². The number of ether oxygens (including phenoxy) is 1. The SMILES string of the molecule is CCC(CCCN1CCCOCC1)(NC(C)C)C(=O)O. The first-order chi connectivity index (χ1) is 9.50. The normalized spacial score (nSPS) is 20.6. The van der Waals surface area contributed by atoms with E-state index in [1.807, 2.05) is 20.8 Å². The fourth-order valence-corrected chi connectivity index (χ4v) is 2.85. The molecular formula is C15H30N2O3. The minimum Gasteiger partial charge on any atom is -0.480 e. The molecule has 1 rings (SSSR count). The van der Waals surface area contributed by atoms with Crippen molar-refractivity contribution in [2.24, 2.45) is 0 Å². The molecule has 0 bridgehead atoms. The van der Waals surface area contributed by atoms with E-state index in [0.717, 1.165) is 45.7 Å². The molecule has 5 nitrogen and oxygen atoms in total. The predicted octanol–water partition coefficient (Wildman–Crippen LogP) is 1.72. The highest BCUT2D eigenvalue weighted by atomic mass is 16.5. The molecule has 1 fully saturated rings. The summed E-state index contributed by atoms with van der Waals surface area (Å²) in [5.41, 5.74) is -0.781. The maximum Gasteiger partial charge on any atom is 0.323 e. The van der Waals surface area contributed by atoms with Crippen molar-refractivity contribution >= 4 is 5.97 Å². The van der Waals surface area contributed by atoms with Crippen LogP contribution in [-0.4, -0.2) is 60.4 Å². The minimum absolute atomic E-state index is 0.178. The van der Waals surface area contributed by atoms with Gasteiger partial charge in [-0.25, -0.2) is 0 Å². The van der Waals surface area contributed by atoms with Crippen LogP contribution in [0.3, 0.4) is 0 Å². The van der Waals surface area contributed by atoms with E-state index in [1.165, 1.54) is 0 Å². The lowest BCUT2D eigenvalue weighted by Gasteiger charge is -2.32. The van der Waals surface area contributed by atoms with Gasteiger partial charge in [-0.1, -0.05) is 6.92 Å². The van der Waals surface area contributed by atoms with Crippen molar-refractivity contribution in [2.45, 2.75) is 58.0 Å². The molecular weight excluding hydrogens is 256 g/mol. The van der Waals surface area contributed by atoms with Crippen molar-refractivity contribution in [3.05, 3.63) is 0 Å². The van der Waals surface area contributed by atoms with Gasteiger partial charge in [0.2, 0.25) is 0 Å². The van der Waals surface area contributed by atoms with Crippen LogP contribution in [0.2, 0.25) is 0 Å². The Morgan fingerprint density at radius 2 is 2.15 bits per heavy atom. The van der Waals surface area contributed by atoms with Gasteiger partial charge in [-0.2, -0.15) is 0 Å². The topological polar surface area (TPSA) is 61.8 Å². The first kappa shape index (κ1) is 17.4. The van der Waals surface area contributed by atoms with E-state index in [0.29, 0.717) is 12.8 Å². The molecule has 1 unspecified atom stereocenters. The van der Waals surface area contributed by atoms with Crippen molar-refractivity contribution in [2.75, 3.05) is 32.8 Å². The van der Waals surface area contributed by atoms with Gasteiger partial charge in [-0.15, -0.1) is 0 Å². The second-order valence-corrected chi connectivity index (χ2v) is 5.95. The summed E-state index contributed by atoms with van der Waals surface area (Å²) in [6, 6.07) is 0.178. The first-order valence-corrected chi connectivity index (χ1v) is 7.81. The third-order valence-electron chi connectivity index (χ3n) is 3.97. The van der Waals surface area contributed by atoms with Gasteiger partial charge in [-0.3, -0.25) is 10.1 Å². The largest absolute Gasteiger partial charge is 0.480 e. The average molecular weight is 286 g/mol. The summed E-state index contributed by atoms with van der Waals surface area (Å²) >= 11 is 0. The lowest BCUT2D eigenvalue weighted by Crippen LogP contribution is -2.54. The van der Waals surface area contributed by atoms with E-state index >= 15 is 0 Å². The second kappa shape index (κ2) is 8.60. The Bertz CT molecular complexity index is 289. The first-order valence-electron chi connectivity index (χ1n) is 7.81. The summed E-state index contributed by atoms with van der Waals surface area (Å²) in [7, 11) is 0. The predicted molar refractivity (Wildman–Crippen MR) is 80.0 cm³/mol. The Morgan fingerprint density at radius 1 is 1.40 bits per heavy atom. The van der Waals surface area contributed by atoms with Crippen LogP contribution in [0, 0.1) is 0 Å². The molecule has 1 aliphatic rings. The maximum absolute atomic E-state index is 11.6. The van der Waals surface area contributed by atoms with Gasteiger partial charge >= 0.3 is 5.97 Å². The molecule has 0 spiro atoms. The maximum atomic E-state index is 11.6. The smallest absolute Gasteiger partial charge is 0.323 e. The minimum atomic E-state index is -0.781. The number of rotatable bonds is 8. The molecule has 0 aromatic heterocycles. The van der Waals surface area contributed by atoms with Crippen LogP contribution in [0.25, 0.3) is 0 Å². The van der Waals surface area contributed by atoms with Crippen LogP contribution in [0.4, 0.5) is 0 Å². The zero-order valence-electron chi connectivity index (χ0n) is 13.2. The fourth-order valence-electron chi connectivity index (χ4n) is 2.85. The standard InChI is InChI=1S/C15H30N2O3/c1-4-15(14(18)19,16-13(2)3)7-5-8-17-9-6-11-20-12-10-17/h13,16H,4-12H2,1-3H3,(H,18,19). The van der Waals surface area contributed by atoms with Crippen LogP contribution in [0.5, 0.6) is 0 Å². The molecule has 0 aromatic rings. The molecule has 0 radical (unpaired) electrons. The zero-order valence-corrected chi connectivity index (χ0v) is 13.2. The summed E-state index contributed by atoms with van der Waals surface area (Å²) in [4.78, 5) is 14.0. The number of nitrogens with one attached hydrogen (secondary N) is 1. The fraction of sp³-hybridized carbons (Fsp3) is 0.933. The van der Waals surface area contributed by atoms with E-state index in [4.69, 9.17) is 4.74 Å². The van der Waals surface area contributed by atoms with Crippen molar-refractivity contribution in [3.63, 3.8) is 0 Å². The Kier molecular flexibility index (Phi) is 7.48. The van der Waals surface area contributed by atoms with Gasteiger partial charge in [0.25, 0.3) is 0 Å².